The van der Waals surface area contributed by atoms with Crippen molar-refractivity contribution >= 4 is 22.6 Å². The highest BCUT2D eigenvalue weighted by Gasteiger charge is 2.18. The lowest BCUT2D eigenvalue weighted by atomic mass is 10.1. The lowest BCUT2D eigenvalue weighted by Gasteiger charge is -2.22. The van der Waals surface area contributed by atoms with Crippen LogP contribution in [-0.4, -0.2) is 50.6 Å². The van der Waals surface area contributed by atoms with E-state index in [4.69, 9.17) is 19.0 Å². The van der Waals surface area contributed by atoms with Gasteiger partial charge >= 0.3 is 0 Å². The smallest absolute Gasteiger partial charge is 0.250 e. The molecule has 2 amide bonds. The molecule has 2 aliphatic heterocycles. The predicted molar refractivity (Wildman–Crippen MR) is 141 cm³/mol. The highest BCUT2D eigenvalue weighted by molar-refractivity contribution is 5.94. The van der Waals surface area contributed by atoms with Gasteiger partial charge in [0.15, 0.2) is 6.29 Å². The van der Waals surface area contributed by atoms with Crippen LogP contribution in [0.5, 0.6) is 5.75 Å². The van der Waals surface area contributed by atoms with Crippen LogP contribution in [0.25, 0.3) is 10.8 Å². The van der Waals surface area contributed by atoms with Gasteiger partial charge in [0, 0.05) is 38.0 Å². The molecule has 4 rings (SSSR count). The van der Waals surface area contributed by atoms with Crippen molar-refractivity contribution in [2.75, 3.05) is 26.4 Å². The Balaban J connectivity index is 1.26. The number of fused-ring (bicyclic) bond motifs is 1. The van der Waals surface area contributed by atoms with Gasteiger partial charge in [-0.25, -0.2) is 10.3 Å². The summed E-state index contributed by atoms with van der Waals surface area (Å²) >= 11 is 0. The average molecular weight is 511 g/mol. The maximum Gasteiger partial charge on any atom is 0.250 e. The van der Waals surface area contributed by atoms with Crippen molar-refractivity contribution in [2.24, 2.45) is 0 Å². The highest BCUT2D eigenvalue weighted by atomic mass is 16.8. The summed E-state index contributed by atoms with van der Waals surface area (Å²) in [7, 11) is 0. The van der Waals surface area contributed by atoms with Gasteiger partial charge in [-0.05, 0) is 56.4 Å². The van der Waals surface area contributed by atoms with E-state index in [0.29, 0.717) is 38.0 Å². The number of unbranched alkanes of at least 4 members (excludes halogenated alkanes) is 2. The molecule has 0 aromatic heterocycles. The van der Waals surface area contributed by atoms with E-state index >= 15 is 0 Å². The zero-order valence-electron chi connectivity index (χ0n) is 21.4. The summed E-state index contributed by atoms with van der Waals surface area (Å²) in [4.78, 5) is 30.4. The minimum atomic E-state index is -0.349. The summed E-state index contributed by atoms with van der Waals surface area (Å²) in [6.07, 6.45) is 8.98. The first kappa shape index (κ1) is 27.1. The number of rotatable bonds is 13. The SMILES string of the molecule is O=C(CCCCC=C(COc1cccc2ccccc12)C(=O)NCC1CCCO1)NOC1CCCCO1. The zero-order chi connectivity index (χ0) is 25.7. The quantitative estimate of drug-likeness (QED) is 0.233. The second-order valence-corrected chi connectivity index (χ2v) is 9.53. The number of allylic oxidation sites excluding steroid dienone is 1. The van der Waals surface area contributed by atoms with Crippen LogP contribution in [0, 0.1) is 0 Å². The monoisotopic (exact) mass is 510 g/mol. The Morgan fingerprint density at radius 3 is 2.68 bits per heavy atom. The highest BCUT2D eigenvalue weighted by Crippen LogP contribution is 2.25. The molecule has 2 aromatic carbocycles. The fourth-order valence-corrected chi connectivity index (χ4v) is 4.51. The first-order valence-corrected chi connectivity index (χ1v) is 13.4. The molecule has 2 atom stereocenters. The van der Waals surface area contributed by atoms with E-state index in [1.165, 1.54) is 0 Å². The van der Waals surface area contributed by atoms with Crippen LogP contribution in [0.1, 0.15) is 57.8 Å². The van der Waals surface area contributed by atoms with Crippen molar-refractivity contribution in [1.29, 1.82) is 0 Å². The molecule has 2 heterocycles. The fourth-order valence-electron chi connectivity index (χ4n) is 4.51. The molecule has 200 valence electrons. The number of carbonyl (C=O) groups is 2. The number of hydrogen-bond acceptors (Lipinski definition) is 6. The summed E-state index contributed by atoms with van der Waals surface area (Å²) in [5, 5.41) is 5.10. The van der Waals surface area contributed by atoms with Gasteiger partial charge in [0.2, 0.25) is 11.8 Å². The number of nitrogens with one attached hydrogen (secondary N) is 2. The summed E-state index contributed by atoms with van der Waals surface area (Å²) in [6.45, 7) is 2.08. The standard InChI is InChI=1S/C29H38N2O6/c32-27(31-37-28-17-6-7-18-35-28)16-3-1-2-11-23(29(33)30-20-24-13-9-19-34-24)21-36-26-15-8-12-22-10-4-5-14-25(22)26/h4-5,8,10-12,14-15,24,28H,1-3,6-7,9,13,16-21H2,(H,30,33)(H,31,32). The van der Waals surface area contributed by atoms with Gasteiger partial charge in [-0.2, -0.15) is 0 Å². The Hall–Kier alpha value is -2.94. The molecule has 2 aliphatic rings. The van der Waals surface area contributed by atoms with Gasteiger partial charge in [-0.1, -0.05) is 42.5 Å². The molecular formula is C29H38N2O6. The first-order chi connectivity index (χ1) is 18.2. The molecule has 0 radical (unpaired) electrons. The molecule has 2 saturated heterocycles. The largest absolute Gasteiger partial charge is 0.488 e. The molecule has 0 aliphatic carbocycles. The second kappa shape index (κ2) is 14.7. The van der Waals surface area contributed by atoms with E-state index < -0.39 is 0 Å². The summed E-state index contributed by atoms with van der Waals surface area (Å²) in [6, 6.07) is 13.9. The molecule has 8 heteroatoms. The molecule has 2 N–H and O–H groups in total. The Morgan fingerprint density at radius 1 is 0.973 bits per heavy atom. The minimum absolute atomic E-state index is 0.0731. The van der Waals surface area contributed by atoms with Gasteiger partial charge in [0.25, 0.3) is 0 Å². The Bertz CT molecular complexity index is 1040. The van der Waals surface area contributed by atoms with E-state index in [1.54, 1.807) is 0 Å². The van der Waals surface area contributed by atoms with Crippen LogP contribution < -0.4 is 15.5 Å². The topological polar surface area (TPSA) is 95.1 Å². The molecule has 0 bridgehead atoms. The summed E-state index contributed by atoms with van der Waals surface area (Å²) < 4.78 is 17.2. The van der Waals surface area contributed by atoms with Crippen LogP contribution in [-0.2, 0) is 23.9 Å². The van der Waals surface area contributed by atoms with Gasteiger partial charge in [0.1, 0.15) is 12.4 Å². The Kier molecular flexibility index (Phi) is 10.8. The minimum Gasteiger partial charge on any atom is -0.488 e. The van der Waals surface area contributed by atoms with Crippen molar-refractivity contribution in [3.05, 3.63) is 54.1 Å². The molecule has 0 spiro atoms. The van der Waals surface area contributed by atoms with Gasteiger partial charge in [-0.3, -0.25) is 9.59 Å². The van der Waals surface area contributed by atoms with Crippen LogP contribution in [0.2, 0.25) is 0 Å². The average Bonchev–Trinajstić information content (AvgIpc) is 3.46. The zero-order valence-corrected chi connectivity index (χ0v) is 21.4. The maximum absolute atomic E-state index is 13.0. The predicted octanol–water partition coefficient (Wildman–Crippen LogP) is 4.58. The lowest BCUT2D eigenvalue weighted by molar-refractivity contribution is -0.200. The number of amides is 2. The molecule has 2 unspecified atom stereocenters. The van der Waals surface area contributed by atoms with E-state index in [0.717, 1.165) is 61.7 Å². The van der Waals surface area contributed by atoms with Crippen LogP contribution in [0.15, 0.2) is 54.1 Å². The van der Waals surface area contributed by atoms with E-state index in [2.05, 4.69) is 10.8 Å². The number of hydroxylamine groups is 1. The van der Waals surface area contributed by atoms with Crippen LogP contribution in [0.3, 0.4) is 0 Å². The van der Waals surface area contributed by atoms with Crippen molar-refractivity contribution in [2.45, 2.75) is 70.2 Å². The molecule has 8 nitrogen and oxygen atoms in total. The van der Waals surface area contributed by atoms with Gasteiger partial charge in [-0.15, -0.1) is 0 Å². The third kappa shape index (κ3) is 8.84. The van der Waals surface area contributed by atoms with Crippen molar-refractivity contribution < 1.29 is 28.6 Å². The number of benzene rings is 2. The second-order valence-electron chi connectivity index (χ2n) is 9.53. The molecular weight excluding hydrogens is 472 g/mol. The van der Waals surface area contributed by atoms with Crippen molar-refractivity contribution in [1.82, 2.24) is 10.8 Å². The number of hydrogen-bond donors (Lipinski definition) is 2. The molecule has 2 aromatic rings. The first-order valence-electron chi connectivity index (χ1n) is 13.4. The number of carbonyl (C=O) groups excluding carboxylic acids is 2. The van der Waals surface area contributed by atoms with Crippen molar-refractivity contribution in [3.63, 3.8) is 0 Å². The fraction of sp³-hybridized carbons (Fsp3) is 0.517. The maximum atomic E-state index is 13.0. The molecule has 0 saturated carbocycles. The Morgan fingerprint density at radius 2 is 1.84 bits per heavy atom. The van der Waals surface area contributed by atoms with E-state index in [-0.39, 0.29) is 30.8 Å². The van der Waals surface area contributed by atoms with Gasteiger partial charge < -0.3 is 19.5 Å². The third-order valence-electron chi connectivity index (χ3n) is 6.63. The van der Waals surface area contributed by atoms with Crippen LogP contribution in [0.4, 0.5) is 0 Å². The number of ether oxygens (including phenoxy) is 3. The van der Waals surface area contributed by atoms with Crippen molar-refractivity contribution in [3.8, 4) is 5.75 Å². The summed E-state index contributed by atoms with van der Waals surface area (Å²) in [5.41, 5.74) is 3.07. The normalized spacial score (nSPS) is 20.1. The lowest BCUT2D eigenvalue weighted by Crippen LogP contribution is -2.34. The molecule has 37 heavy (non-hydrogen) atoms. The van der Waals surface area contributed by atoms with Crippen LogP contribution >= 0.6 is 0 Å². The van der Waals surface area contributed by atoms with E-state index in [1.807, 2.05) is 48.5 Å². The molecule has 2 fully saturated rings. The Labute approximate surface area is 218 Å². The van der Waals surface area contributed by atoms with Gasteiger partial charge in [0.05, 0.1) is 11.7 Å². The summed E-state index contributed by atoms with van der Waals surface area (Å²) in [5.74, 6) is 0.441. The third-order valence-corrected chi connectivity index (χ3v) is 6.63. The van der Waals surface area contributed by atoms with E-state index in [9.17, 15) is 9.59 Å².